The average Bonchev–Trinajstić information content (AvgIpc) is 2.92. The molecule has 0 heterocycles. The van der Waals surface area contributed by atoms with Gasteiger partial charge in [0.15, 0.2) is 0 Å². The molecule has 0 spiro atoms. The zero-order valence-corrected chi connectivity index (χ0v) is 9.05. The summed E-state index contributed by atoms with van der Waals surface area (Å²) in [5, 5.41) is 0. The first-order valence-corrected chi connectivity index (χ1v) is 4.74. The van der Waals surface area contributed by atoms with Crippen LogP contribution in [-0.2, 0) is 9.53 Å². The molecule has 3 nitrogen and oxygen atoms in total. The van der Waals surface area contributed by atoms with Gasteiger partial charge in [0.05, 0.1) is 7.11 Å². The maximum atomic E-state index is 11.1. The molecule has 0 radical (unpaired) electrons. The summed E-state index contributed by atoms with van der Waals surface area (Å²) < 4.78 is 4.61. The highest BCUT2D eigenvalue weighted by Gasteiger charge is 2.40. The topological polar surface area (TPSA) is 52.3 Å². The number of esters is 1. The smallest absolute Gasteiger partial charge is 0.326 e. The van der Waals surface area contributed by atoms with Crippen LogP contribution in [0.2, 0.25) is 0 Å². The predicted octanol–water partition coefficient (Wildman–Crippen LogP) is 1.26. The third kappa shape index (κ3) is 2.10. The SMILES string of the molecule is COC(=O)[C@H](N)C1=CCC2CC2C1.Cl. The number of hydrogen-bond acceptors (Lipinski definition) is 3. The number of halogens is 1. The van der Waals surface area contributed by atoms with Crippen molar-refractivity contribution in [2.45, 2.75) is 25.3 Å². The van der Waals surface area contributed by atoms with Gasteiger partial charge in [-0.2, -0.15) is 0 Å². The summed E-state index contributed by atoms with van der Waals surface area (Å²) in [5.74, 6) is 1.37. The van der Waals surface area contributed by atoms with E-state index in [9.17, 15) is 4.79 Å². The summed E-state index contributed by atoms with van der Waals surface area (Å²) in [6, 6.07) is -0.522. The van der Waals surface area contributed by atoms with Gasteiger partial charge in [-0.1, -0.05) is 6.08 Å². The van der Waals surface area contributed by atoms with Crippen LogP contribution in [0.4, 0.5) is 0 Å². The highest BCUT2D eigenvalue weighted by atomic mass is 35.5. The van der Waals surface area contributed by atoms with Crippen LogP contribution in [0.1, 0.15) is 19.3 Å². The van der Waals surface area contributed by atoms with Crippen LogP contribution >= 0.6 is 12.4 Å². The molecule has 0 aromatic heterocycles. The molecule has 0 saturated heterocycles. The second-order valence-corrected chi connectivity index (χ2v) is 3.98. The first-order valence-electron chi connectivity index (χ1n) is 4.74. The Morgan fingerprint density at radius 1 is 1.64 bits per heavy atom. The number of carbonyl (C=O) groups excluding carboxylic acids is 1. The lowest BCUT2D eigenvalue weighted by atomic mass is 9.94. The molecular formula is C10H16ClNO2. The fourth-order valence-electron chi connectivity index (χ4n) is 2.07. The zero-order chi connectivity index (χ0) is 9.42. The van der Waals surface area contributed by atoms with Crippen LogP contribution in [-0.4, -0.2) is 19.1 Å². The number of rotatable bonds is 2. The largest absolute Gasteiger partial charge is 0.468 e. The summed E-state index contributed by atoms with van der Waals surface area (Å²) in [5.41, 5.74) is 6.82. The van der Waals surface area contributed by atoms with Gasteiger partial charge in [-0.25, -0.2) is 0 Å². The maximum absolute atomic E-state index is 11.1. The number of carbonyl (C=O) groups is 1. The zero-order valence-electron chi connectivity index (χ0n) is 8.23. The molecule has 80 valence electrons. The van der Waals surface area contributed by atoms with Gasteiger partial charge >= 0.3 is 5.97 Å². The van der Waals surface area contributed by atoms with Crippen LogP contribution in [0.5, 0.6) is 0 Å². The lowest BCUT2D eigenvalue weighted by Crippen LogP contribution is -2.34. The molecule has 2 aliphatic rings. The fourth-order valence-corrected chi connectivity index (χ4v) is 2.07. The normalized spacial score (nSPS) is 30.6. The van der Waals surface area contributed by atoms with Crippen molar-refractivity contribution in [3.8, 4) is 0 Å². The van der Waals surface area contributed by atoms with Crippen molar-refractivity contribution in [2.24, 2.45) is 17.6 Å². The molecule has 1 fully saturated rings. The van der Waals surface area contributed by atoms with Gasteiger partial charge in [0, 0.05) is 0 Å². The summed E-state index contributed by atoms with van der Waals surface area (Å²) in [4.78, 5) is 11.1. The van der Waals surface area contributed by atoms with E-state index < -0.39 is 6.04 Å². The molecule has 3 atom stereocenters. The third-order valence-corrected chi connectivity index (χ3v) is 3.10. The molecule has 4 heteroatoms. The van der Waals surface area contributed by atoms with E-state index >= 15 is 0 Å². The van der Waals surface area contributed by atoms with E-state index in [1.54, 1.807) is 0 Å². The Morgan fingerprint density at radius 2 is 2.36 bits per heavy atom. The second-order valence-electron chi connectivity index (χ2n) is 3.98. The number of allylic oxidation sites excluding steroid dienone is 1. The Bertz CT molecular complexity index is 265. The van der Waals surface area contributed by atoms with E-state index in [2.05, 4.69) is 10.8 Å². The first-order chi connectivity index (χ1) is 6.22. The highest BCUT2D eigenvalue weighted by molar-refractivity contribution is 5.85. The van der Waals surface area contributed by atoms with E-state index in [0.29, 0.717) is 0 Å². The number of methoxy groups -OCH3 is 1. The average molecular weight is 218 g/mol. The molecule has 0 aliphatic heterocycles. The highest BCUT2D eigenvalue weighted by Crippen LogP contribution is 2.49. The van der Waals surface area contributed by atoms with Crippen molar-refractivity contribution in [2.75, 3.05) is 7.11 Å². The number of hydrogen-bond donors (Lipinski definition) is 1. The molecule has 2 aliphatic carbocycles. The number of ether oxygens (including phenoxy) is 1. The molecule has 2 N–H and O–H groups in total. The van der Waals surface area contributed by atoms with Crippen LogP contribution in [0.3, 0.4) is 0 Å². The van der Waals surface area contributed by atoms with E-state index in [0.717, 1.165) is 30.3 Å². The standard InChI is InChI=1S/C10H15NO2.ClH/c1-13-10(12)9(11)7-3-2-6-4-8(6)5-7;/h3,6,8-9H,2,4-5,11H2,1H3;1H/t6?,8?,9-;/m1./s1. The minimum absolute atomic E-state index is 0. The number of fused-ring (bicyclic) bond motifs is 1. The molecule has 0 bridgehead atoms. The molecule has 14 heavy (non-hydrogen) atoms. The Morgan fingerprint density at radius 3 is 2.93 bits per heavy atom. The van der Waals surface area contributed by atoms with Crippen LogP contribution in [0.25, 0.3) is 0 Å². The van der Waals surface area contributed by atoms with Crippen LogP contribution in [0.15, 0.2) is 11.6 Å². The molecule has 0 aromatic carbocycles. The van der Waals surface area contributed by atoms with E-state index in [1.807, 2.05) is 0 Å². The monoisotopic (exact) mass is 217 g/mol. The van der Waals surface area contributed by atoms with Gasteiger partial charge in [-0.3, -0.25) is 4.79 Å². The van der Waals surface area contributed by atoms with Gasteiger partial charge in [-0.15, -0.1) is 12.4 Å². The van der Waals surface area contributed by atoms with Crippen molar-refractivity contribution >= 4 is 18.4 Å². The Kier molecular flexibility index (Phi) is 3.56. The van der Waals surface area contributed by atoms with E-state index in [1.165, 1.54) is 13.5 Å². The molecular weight excluding hydrogens is 202 g/mol. The van der Waals surface area contributed by atoms with Crippen molar-refractivity contribution in [3.05, 3.63) is 11.6 Å². The maximum Gasteiger partial charge on any atom is 0.326 e. The molecule has 0 aromatic rings. The lowest BCUT2D eigenvalue weighted by molar-refractivity contribution is -0.141. The van der Waals surface area contributed by atoms with Crippen LogP contribution < -0.4 is 5.73 Å². The van der Waals surface area contributed by atoms with Gasteiger partial charge in [0.1, 0.15) is 6.04 Å². The van der Waals surface area contributed by atoms with Gasteiger partial charge < -0.3 is 10.5 Å². The molecule has 2 rings (SSSR count). The minimum Gasteiger partial charge on any atom is -0.468 e. The Labute approximate surface area is 90.1 Å². The van der Waals surface area contributed by atoms with Crippen molar-refractivity contribution in [1.82, 2.24) is 0 Å². The summed E-state index contributed by atoms with van der Waals surface area (Å²) in [7, 11) is 1.38. The third-order valence-electron chi connectivity index (χ3n) is 3.10. The van der Waals surface area contributed by atoms with Crippen LogP contribution in [0, 0.1) is 11.8 Å². The van der Waals surface area contributed by atoms with E-state index in [4.69, 9.17) is 5.73 Å². The van der Waals surface area contributed by atoms with E-state index in [-0.39, 0.29) is 18.4 Å². The summed E-state index contributed by atoms with van der Waals surface area (Å²) >= 11 is 0. The predicted molar refractivity (Wildman–Crippen MR) is 56.2 cm³/mol. The summed E-state index contributed by atoms with van der Waals surface area (Å²) in [6.45, 7) is 0. The van der Waals surface area contributed by atoms with Gasteiger partial charge in [-0.05, 0) is 36.7 Å². The van der Waals surface area contributed by atoms with Crippen molar-refractivity contribution < 1.29 is 9.53 Å². The Hall–Kier alpha value is -0.540. The first kappa shape index (κ1) is 11.5. The van der Waals surface area contributed by atoms with Gasteiger partial charge in [0.25, 0.3) is 0 Å². The molecule has 1 saturated carbocycles. The quantitative estimate of drug-likeness (QED) is 0.560. The Balaban J connectivity index is 0.000000980. The second kappa shape index (κ2) is 4.32. The summed E-state index contributed by atoms with van der Waals surface area (Å²) in [6.07, 6.45) is 5.54. The molecule has 2 unspecified atom stereocenters. The van der Waals surface area contributed by atoms with Crippen molar-refractivity contribution in [1.29, 1.82) is 0 Å². The van der Waals surface area contributed by atoms with Gasteiger partial charge in [0.2, 0.25) is 0 Å². The fraction of sp³-hybridized carbons (Fsp3) is 0.700. The van der Waals surface area contributed by atoms with Crippen molar-refractivity contribution in [3.63, 3.8) is 0 Å². The minimum atomic E-state index is -0.522. The lowest BCUT2D eigenvalue weighted by Gasteiger charge is -2.16. The number of nitrogens with two attached hydrogens (primary N) is 1. The molecule has 0 amide bonds.